The summed E-state index contributed by atoms with van der Waals surface area (Å²) in [6.45, 7) is 2.01. The molecule has 1 aromatic carbocycles. The molecule has 88 valence electrons. The maximum Gasteiger partial charge on any atom is 0.137 e. The van der Waals surface area contributed by atoms with E-state index in [9.17, 15) is 9.50 Å². The van der Waals surface area contributed by atoms with Crippen LogP contribution in [0.3, 0.4) is 0 Å². The molecular weight excluding hydrogens is 273 g/mol. The van der Waals surface area contributed by atoms with Crippen LogP contribution in [0, 0.1) is 5.82 Å². The quantitative estimate of drug-likeness (QED) is 0.924. The highest BCUT2D eigenvalue weighted by atomic mass is 79.9. The molecule has 1 fully saturated rings. The molecule has 1 heterocycles. The van der Waals surface area contributed by atoms with Gasteiger partial charge in [0.15, 0.2) is 0 Å². The molecule has 0 bridgehead atoms. The van der Waals surface area contributed by atoms with Gasteiger partial charge in [0.05, 0.1) is 11.1 Å². The summed E-state index contributed by atoms with van der Waals surface area (Å²) >= 11 is 3.18. The van der Waals surface area contributed by atoms with Crippen molar-refractivity contribution in [1.82, 2.24) is 4.90 Å². The van der Waals surface area contributed by atoms with Crippen molar-refractivity contribution in [3.05, 3.63) is 34.1 Å². The first-order chi connectivity index (χ1) is 7.70. The number of hydrogen-bond donors (Lipinski definition) is 1. The van der Waals surface area contributed by atoms with Gasteiger partial charge in [-0.1, -0.05) is 6.07 Å². The molecule has 1 aliphatic rings. The minimum absolute atomic E-state index is 0.211. The number of rotatable bonds is 3. The van der Waals surface area contributed by atoms with E-state index in [1.165, 1.54) is 6.07 Å². The fourth-order valence-electron chi connectivity index (χ4n) is 2.18. The fourth-order valence-corrected chi connectivity index (χ4v) is 2.61. The number of nitrogens with zero attached hydrogens (tertiary/aromatic N) is 1. The first kappa shape index (κ1) is 12.0. The van der Waals surface area contributed by atoms with E-state index in [0.717, 1.165) is 31.5 Å². The van der Waals surface area contributed by atoms with Crippen molar-refractivity contribution in [2.24, 2.45) is 0 Å². The van der Waals surface area contributed by atoms with Crippen molar-refractivity contribution in [2.45, 2.75) is 25.4 Å². The SMILES string of the molecule is OC[C@H]1CCCN1Cc1ccc(F)c(Br)c1. The summed E-state index contributed by atoms with van der Waals surface area (Å²) in [7, 11) is 0. The van der Waals surface area contributed by atoms with Crippen LogP contribution in [0.2, 0.25) is 0 Å². The number of aliphatic hydroxyl groups excluding tert-OH is 1. The van der Waals surface area contributed by atoms with Crippen LogP contribution < -0.4 is 0 Å². The van der Waals surface area contributed by atoms with Crippen LogP contribution in [-0.4, -0.2) is 29.2 Å². The van der Waals surface area contributed by atoms with E-state index in [2.05, 4.69) is 20.8 Å². The summed E-state index contributed by atoms with van der Waals surface area (Å²) in [5.41, 5.74) is 1.08. The molecule has 0 saturated carbocycles. The third-order valence-electron chi connectivity index (χ3n) is 3.08. The average molecular weight is 288 g/mol. The predicted molar refractivity (Wildman–Crippen MR) is 64.6 cm³/mol. The molecule has 16 heavy (non-hydrogen) atoms. The summed E-state index contributed by atoms with van der Waals surface area (Å²) in [6.07, 6.45) is 2.19. The van der Waals surface area contributed by atoms with Gasteiger partial charge in [-0.25, -0.2) is 4.39 Å². The molecule has 1 saturated heterocycles. The molecule has 0 aliphatic carbocycles. The second kappa shape index (κ2) is 5.25. The van der Waals surface area contributed by atoms with Crippen molar-refractivity contribution in [2.75, 3.05) is 13.2 Å². The number of benzene rings is 1. The normalized spacial score (nSPS) is 21.6. The van der Waals surface area contributed by atoms with Crippen LogP contribution in [0.5, 0.6) is 0 Å². The Hall–Kier alpha value is -0.450. The first-order valence-electron chi connectivity index (χ1n) is 5.49. The second-order valence-corrected chi connectivity index (χ2v) is 5.05. The standard InChI is InChI=1S/C12H15BrFNO/c13-11-6-9(3-4-12(11)14)7-15-5-1-2-10(15)8-16/h3-4,6,10,16H,1-2,5,7-8H2/t10-/m1/s1. The van der Waals surface area contributed by atoms with Gasteiger partial charge in [-0.15, -0.1) is 0 Å². The van der Waals surface area contributed by atoms with E-state index in [4.69, 9.17) is 0 Å². The van der Waals surface area contributed by atoms with E-state index in [-0.39, 0.29) is 18.5 Å². The summed E-state index contributed by atoms with van der Waals surface area (Å²) in [4.78, 5) is 2.25. The zero-order chi connectivity index (χ0) is 11.5. The Labute approximate surface area is 103 Å². The molecule has 1 atom stereocenters. The van der Waals surface area contributed by atoms with Gasteiger partial charge >= 0.3 is 0 Å². The molecule has 0 spiro atoms. The Morgan fingerprint density at radius 2 is 2.31 bits per heavy atom. The third-order valence-corrected chi connectivity index (χ3v) is 3.69. The Morgan fingerprint density at radius 3 is 3.00 bits per heavy atom. The van der Waals surface area contributed by atoms with Crippen LogP contribution in [0.25, 0.3) is 0 Å². The average Bonchev–Trinajstić information content (AvgIpc) is 2.71. The van der Waals surface area contributed by atoms with Crippen LogP contribution in [0.1, 0.15) is 18.4 Å². The Bertz CT molecular complexity index is 372. The lowest BCUT2D eigenvalue weighted by molar-refractivity contribution is 0.153. The second-order valence-electron chi connectivity index (χ2n) is 4.20. The first-order valence-corrected chi connectivity index (χ1v) is 6.29. The zero-order valence-corrected chi connectivity index (χ0v) is 10.6. The van der Waals surface area contributed by atoms with Gasteiger partial charge in [0.2, 0.25) is 0 Å². The molecule has 0 unspecified atom stereocenters. The molecule has 1 aromatic rings. The Kier molecular flexibility index (Phi) is 3.95. The predicted octanol–water partition coefficient (Wildman–Crippen LogP) is 2.54. The monoisotopic (exact) mass is 287 g/mol. The number of likely N-dealkylation sites (tertiary alicyclic amines) is 1. The lowest BCUT2D eigenvalue weighted by Crippen LogP contribution is -2.31. The van der Waals surface area contributed by atoms with Crippen LogP contribution in [0.4, 0.5) is 4.39 Å². The maximum atomic E-state index is 13.1. The van der Waals surface area contributed by atoms with Crippen molar-refractivity contribution in [3.8, 4) is 0 Å². The van der Waals surface area contributed by atoms with Crippen molar-refractivity contribution >= 4 is 15.9 Å². The molecular formula is C12H15BrFNO. The van der Waals surface area contributed by atoms with E-state index in [0.29, 0.717) is 4.47 Å². The Balaban J connectivity index is 2.05. The summed E-state index contributed by atoms with van der Waals surface area (Å²) < 4.78 is 13.6. The zero-order valence-electron chi connectivity index (χ0n) is 9.00. The van der Waals surface area contributed by atoms with Crippen LogP contribution in [-0.2, 0) is 6.54 Å². The van der Waals surface area contributed by atoms with E-state index < -0.39 is 0 Å². The lowest BCUT2D eigenvalue weighted by atomic mass is 10.2. The summed E-state index contributed by atoms with van der Waals surface area (Å²) in [6, 6.07) is 5.35. The van der Waals surface area contributed by atoms with Crippen LogP contribution in [0.15, 0.2) is 22.7 Å². The van der Waals surface area contributed by atoms with Gasteiger partial charge in [-0.05, 0) is 53.0 Å². The van der Waals surface area contributed by atoms with Gasteiger partial charge in [0.1, 0.15) is 5.82 Å². The molecule has 2 rings (SSSR count). The van der Waals surface area contributed by atoms with Gasteiger partial charge in [-0.3, -0.25) is 4.90 Å². The van der Waals surface area contributed by atoms with E-state index in [1.54, 1.807) is 6.07 Å². The van der Waals surface area contributed by atoms with E-state index >= 15 is 0 Å². The fraction of sp³-hybridized carbons (Fsp3) is 0.500. The van der Waals surface area contributed by atoms with Gasteiger partial charge in [0.25, 0.3) is 0 Å². The number of halogens is 2. The highest BCUT2D eigenvalue weighted by Gasteiger charge is 2.23. The molecule has 1 N–H and O–H groups in total. The van der Waals surface area contributed by atoms with Crippen molar-refractivity contribution in [1.29, 1.82) is 0 Å². The van der Waals surface area contributed by atoms with Gasteiger partial charge in [-0.2, -0.15) is 0 Å². The van der Waals surface area contributed by atoms with E-state index in [1.807, 2.05) is 6.07 Å². The van der Waals surface area contributed by atoms with Gasteiger partial charge in [0, 0.05) is 12.6 Å². The Morgan fingerprint density at radius 1 is 1.50 bits per heavy atom. The summed E-state index contributed by atoms with van der Waals surface area (Å²) in [5, 5.41) is 9.20. The third kappa shape index (κ3) is 2.62. The largest absolute Gasteiger partial charge is 0.395 e. The molecule has 2 nitrogen and oxygen atoms in total. The number of aliphatic hydroxyl groups is 1. The maximum absolute atomic E-state index is 13.1. The van der Waals surface area contributed by atoms with Crippen molar-refractivity contribution < 1.29 is 9.50 Å². The number of hydrogen-bond acceptors (Lipinski definition) is 2. The minimum atomic E-state index is -0.233. The molecule has 0 radical (unpaired) electrons. The molecule has 0 aromatic heterocycles. The van der Waals surface area contributed by atoms with Gasteiger partial charge < -0.3 is 5.11 Å². The molecule has 0 amide bonds. The highest BCUT2D eigenvalue weighted by molar-refractivity contribution is 9.10. The summed E-state index contributed by atoms with van der Waals surface area (Å²) in [5.74, 6) is -0.233. The van der Waals surface area contributed by atoms with Crippen LogP contribution >= 0.6 is 15.9 Å². The molecule has 1 aliphatic heterocycles. The smallest absolute Gasteiger partial charge is 0.137 e. The highest BCUT2D eigenvalue weighted by Crippen LogP contribution is 2.22. The van der Waals surface area contributed by atoms with Crippen molar-refractivity contribution in [3.63, 3.8) is 0 Å². The molecule has 4 heteroatoms. The minimum Gasteiger partial charge on any atom is -0.395 e. The topological polar surface area (TPSA) is 23.5 Å². The lowest BCUT2D eigenvalue weighted by Gasteiger charge is -2.22.